The Kier molecular flexibility index (Phi) is 4.11. The van der Waals surface area contributed by atoms with Gasteiger partial charge in [0.2, 0.25) is 0 Å². The zero-order valence-electron chi connectivity index (χ0n) is 9.64. The molecular weight excluding hydrogens is 300 g/mol. The fourth-order valence-electron chi connectivity index (χ4n) is 1.36. The number of nitrogens with one attached hydrogen (secondary N) is 1. The van der Waals surface area contributed by atoms with Crippen LogP contribution in [0.5, 0.6) is 0 Å². The lowest BCUT2D eigenvalue weighted by molar-refractivity contribution is 0.101. The lowest BCUT2D eigenvalue weighted by Crippen LogP contribution is -2.11. The molecule has 0 aliphatic rings. The second-order valence-corrected chi connectivity index (χ2v) is 4.49. The first kappa shape index (κ1) is 12.8. The number of rotatable bonds is 4. The van der Waals surface area contributed by atoms with Crippen LogP contribution in [-0.2, 0) is 11.3 Å². The second kappa shape index (κ2) is 5.79. The Morgan fingerprint density at radius 3 is 2.83 bits per heavy atom. The van der Waals surface area contributed by atoms with Crippen molar-refractivity contribution in [3.8, 4) is 0 Å². The van der Waals surface area contributed by atoms with Gasteiger partial charge in [0.25, 0.3) is 5.91 Å². The summed E-state index contributed by atoms with van der Waals surface area (Å²) in [5.74, 6) is 0.196. The van der Waals surface area contributed by atoms with Crippen LogP contribution in [0.4, 0.5) is 5.69 Å². The Labute approximate surface area is 112 Å². The average Bonchev–Trinajstić information content (AvgIpc) is 2.81. The summed E-state index contributed by atoms with van der Waals surface area (Å²) < 4.78 is 10.8. The number of aromatic nitrogens is 1. The van der Waals surface area contributed by atoms with Gasteiger partial charge in [-0.15, -0.1) is 0 Å². The van der Waals surface area contributed by atoms with Gasteiger partial charge in [-0.2, -0.15) is 0 Å². The SMILES string of the molecule is COCc1cc(C(=O)Nc2ccc(Br)cc2)no1. The topological polar surface area (TPSA) is 64.4 Å². The number of nitrogens with zero attached hydrogens (tertiary/aromatic N) is 1. The Hall–Kier alpha value is -1.66. The van der Waals surface area contributed by atoms with Crippen LogP contribution in [0.25, 0.3) is 0 Å². The lowest BCUT2D eigenvalue weighted by atomic mass is 10.3. The average molecular weight is 311 g/mol. The number of carbonyl (C=O) groups excluding carboxylic acids is 1. The molecule has 2 aromatic rings. The third kappa shape index (κ3) is 3.18. The number of ether oxygens (including phenoxy) is 1. The molecule has 0 radical (unpaired) electrons. The van der Waals surface area contributed by atoms with Gasteiger partial charge in [-0.1, -0.05) is 21.1 Å². The molecule has 1 amide bonds. The number of hydrogen-bond acceptors (Lipinski definition) is 4. The quantitative estimate of drug-likeness (QED) is 0.943. The lowest BCUT2D eigenvalue weighted by Gasteiger charge is -2.01. The van der Waals surface area contributed by atoms with E-state index in [0.717, 1.165) is 4.47 Å². The first-order chi connectivity index (χ1) is 8.69. The molecule has 1 heterocycles. The predicted molar refractivity (Wildman–Crippen MR) is 69.3 cm³/mol. The van der Waals surface area contributed by atoms with Crippen LogP contribution in [0.3, 0.4) is 0 Å². The van der Waals surface area contributed by atoms with Crippen molar-refractivity contribution in [1.82, 2.24) is 5.16 Å². The second-order valence-electron chi connectivity index (χ2n) is 3.57. The summed E-state index contributed by atoms with van der Waals surface area (Å²) in [5.41, 5.74) is 0.921. The molecule has 0 aliphatic heterocycles. The van der Waals surface area contributed by atoms with Crippen LogP contribution in [0.1, 0.15) is 16.2 Å². The van der Waals surface area contributed by atoms with Gasteiger partial charge in [0, 0.05) is 23.3 Å². The number of methoxy groups -OCH3 is 1. The monoisotopic (exact) mass is 310 g/mol. The Morgan fingerprint density at radius 1 is 1.44 bits per heavy atom. The largest absolute Gasteiger partial charge is 0.377 e. The summed E-state index contributed by atoms with van der Waals surface area (Å²) in [6.07, 6.45) is 0. The number of amides is 1. The van der Waals surface area contributed by atoms with Crippen LogP contribution in [-0.4, -0.2) is 18.2 Å². The van der Waals surface area contributed by atoms with E-state index in [9.17, 15) is 4.79 Å². The fraction of sp³-hybridized carbons (Fsp3) is 0.167. The van der Waals surface area contributed by atoms with E-state index in [-0.39, 0.29) is 11.6 Å². The van der Waals surface area contributed by atoms with Gasteiger partial charge in [0.15, 0.2) is 11.5 Å². The van der Waals surface area contributed by atoms with E-state index in [1.54, 1.807) is 25.3 Å². The molecular formula is C12H11BrN2O3. The van der Waals surface area contributed by atoms with Crippen LogP contribution < -0.4 is 5.32 Å². The molecule has 2 rings (SSSR count). The van der Waals surface area contributed by atoms with Crippen molar-refractivity contribution in [3.05, 3.63) is 46.3 Å². The van der Waals surface area contributed by atoms with E-state index in [1.807, 2.05) is 12.1 Å². The smallest absolute Gasteiger partial charge is 0.277 e. The highest BCUT2D eigenvalue weighted by Crippen LogP contribution is 2.15. The molecule has 5 nitrogen and oxygen atoms in total. The zero-order valence-corrected chi connectivity index (χ0v) is 11.2. The summed E-state index contributed by atoms with van der Waals surface area (Å²) in [6, 6.07) is 8.82. The highest BCUT2D eigenvalue weighted by Gasteiger charge is 2.12. The molecule has 1 N–H and O–H groups in total. The molecule has 1 aromatic carbocycles. The minimum Gasteiger partial charge on any atom is -0.377 e. The van der Waals surface area contributed by atoms with Gasteiger partial charge in [0.1, 0.15) is 6.61 Å². The van der Waals surface area contributed by atoms with Gasteiger partial charge in [-0.25, -0.2) is 0 Å². The van der Waals surface area contributed by atoms with Crippen molar-refractivity contribution in [2.45, 2.75) is 6.61 Å². The maximum Gasteiger partial charge on any atom is 0.277 e. The molecule has 18 heavy (non-hydrogen) atoms. The third-order valence-corrected chi connectivity index (χ3v) is 2.71. The standard InChI is InChI=1S/C12H11BrN2O3/c1-17-7-10-6-11(15-18-10)12(16)14-9-4-2-8(13)3-5-9/h2-6H,7H2,1H3,(H,14,16). The minimum atomic E-state index is -0.316. The highest BCUT2D eigenvalue weighted by atomic mass is 79.9. The highest BCUT2D eigenvalue weighted by molar-refractivity contribution is 9.10. The van der Waals surface area contributed by atoms with Crippen molar-refractivity contribution >= 4 is 27.5 Å². The number of benzene rings is 1. The van der Waals surface area contributed by atoms with E-state index in [0.29, 0.717) is 18.1 Å². The summed E-state index contributed by atoms with van der Waals surface area (Å²) in [6.45, 7) is 0.290. The van der Waals surface area contributed by atoms with Crippen LogP contribution in [0, 0.1) is 0 Å². The van der Waals surface area contributed by atoms with Gasteiger partial charge in [-0.05, 0) is 24.3 Å². The summed E-state index contributed by atoms with van der Waals surface area (Å²) in [4.78, 5) is 11.8. The molecule has 0 saturated carbocycles. The zero-order chi connectivity index (χ0) is 13.0. The van der Waals surface area contributed by atoms with Gasteiger partial charge < -0.3 is 14.6 Å². The molecule has 0 saturated heterocycles. The number of halogens is 1. The number of anilines is 1. The Balaban J connectivity index is 2.04. The van der Waals surface area contributed by atoms with E-state index in [4.69, 9.17) is 9.26 Å². The van der Waals surface area contributed by atoms with Crippen LogP contribution in [0.2, 0.25) is 0 Å². The van der Waals surface area contributed by atoms with E-state index < -0.39 is 0 Å². The Morgan fingerprint density at radius 2 is 2.17 bits per heavy atom. The van der Waals surface area contributed by atoms with Crippen molar-refractivity contribution < 1.29 is 14.1 Å². The van der Waals surface area contributed by atoms with Crippen molar-refractivity contribution in [3.63, 3.8) is 0 Å². The molecule has 0 aliphatic carbocycles. The predicted octanol–water partition coefficient (Wildman–Crippen LogP) is 2.84. The van der Waals surface area contributed by atoms with Crippen molar-refractivity contribution in [2.24, 2.45) is 0 Å². The first-order valence-electron chi connectivity index (χ1n) is 5.20. The van der Waals surface area contributed by atoms with Gasteiger partial charge in [0.05, 0.1) is 0 Å². The van der Waals surface area contributed by atoms with E-state index in [2.05, 4.69) is 26.4 Å². The molecule has 0 spiro atoms. The maximum absolute atomic E-state index is 11.8. The van der Waals surface area contributed by atoms with E-state index >= 15 is 0 Å². The summed E-state index contributed by atoms with van der Waals surface area (Å²) >= 11 is 3.32. The van der Waals surface area contributed by atoms with Crippen molar-refractivity contribution in [1.29, 1.82) is 0 Å². The molecule has 0 atom stereocenters. The maximum atomic E-state index is 11.8. The third-order valence-electron chi connectivity index (χ3n) is 2.18. The van der Waals surface area contributed by atoms with Crippen LogP contribution >= 0.6 is 15.9 Å². The first-order valence-corrected chi connectivity index (χ1v) is 6.00. The van der Waals surface area contributed by atoms with Gasteiger partial charge in [-0.3, -0.25) is 4.79 Å². The molecule has 0 bridgehead atoms. The van der Waals surface area contributed by atoms with Crippen LogP contribution in [0.15, 0.2) is 39.3 Å². The summed E-state index contributed by atoms with van der Waals surface area (Å²) in [5, 5.41) is 6.39. The van der Waals surface area contributed by atoms with Crippen molar-refractivity contribution in [2.75, 3.05) is 12.4 Å². The number of carbonyl (C=O) groups is 1. The fourth-order valence-corrected chi connectivity index (χ4v) is 1.62. The Bertz CT molecular complexity index is 537. The molecule has 94 valence electrons. The van der Waals surface area contributed by atoms with E-state index in [1.165, 1.54) is 0 Å². The minimum absolute atomic E-state index is 0.227. The normalized spacial score (nSPS) is 10.3. The summed E-state index contributed by atoms with van der Waals surface area (Å²) in [7, 11) is 1.55. The molecule has 0 fully saturated rings. The molecule has 1 aromatic heterocycles. The molecule has 6 heteroatoms. The molecule has 0 unspecified atom stereocenters. The number of hydrogen-bond donors (Lipinski definition) is 1. The van der Waals surface area contributed by atoms with Gasteiger partial charge >= 0.3 is 0 Å².